The fourth-order valence-corrected chi connectivity index (χ4v) is 4.38. The average Bonchev–Trinajstić information content (AvgIpc) is 2.99. The lowest BCUT2D eigenvalue weighted by atomic mass is 9.77. The Morgan fingerprint density at radius 2 is 1.81 bits per heavy atom. The van der Waals surface area contributed by atoms with Crippen molar-refractivity contribution in [1.82, 2.24) is 4.90 Å². The standard InChI is InChI=1S/C19H38N2/c1-4-16-9-10-19(20)17(13-16)14-21(12-11-15(2)3)18-7-5-6-8-18/h15-19H,4-14,20H2,1-3H3. The zero-order chi connectivity index (χ0) is 15.2. The lowest BCUT2D eigenvalue weighted by molar-refractivity contribution is 0.116. The molecule has 2 N–H and O–H groups in total. The smallest absolute Gasteiger partial charge is 0.00953 e. The van der Waals surface area contributed by atoms with Crippen molar-refractivity contribution in [1.29, 1.82) is 0 Å². The van der Waals surface area contributed by atoms with Crippen LogP contribution < -0.4 is 5.73 Å². The van der Waals surface area contributed by atoms with Gasteiger partial charge in [-0.15, -0.1) is 0 Å². The molecular formula is C19H38N2. The molecule has 21 heavy (non-hydrogen) atoms. The van der Waals surface area contributed by atoms with Crippen LogP contribution in [0.4, 0.5) is 0 Å². The summed E-state index contributed by atoms with van der Waals surface area (Å²) in [5, 5.41) is 0. The topological polar surface area (TPSA) is 29.3 Å². The third kappa shape index (κ3) is 5.25. The van der Waals surface area contributed by atoms with E-state index in [0.29, 0.717) is 6.04 Å². The van der Waals surface area contributed by atoms with E-state index in [2.05, 4.69) is 25.7 Å². The number of hydrogen-bond acceptors (Lipinski definition) is 2. The first-order chi connectivity index (χ1) is 10.1. The van der Waals surface area contributed by atoms with E-state index in [1.165, 1.54) is 70.9 Å². The first-order valence-corrected chi connectivity index (χ1v) is 9.59. The van der Waals surface area contributed by atoms with E-state index in [1.807, 2.05) is 0 Å². The molecule has 0 bridgehead atoms. The Kier molecular flexibility index (Phi) is 7.01. The molecule has 2 saturated carbocycles. The van der Waals surface area contributed by atoms with Gasteiger partial charge in [0.1, 0.15) is 0 Å². The third-order valence-electron chi connectivity index (χ3n) is 6.03. The number of nitrogens with zero attached hydrogens (tertiary/aromatic N) is 1. The van der Waals surface area contributed by atoms with Gasteiger partial charge in [0.2, 0.25) is 0 Å². The average molecular weight is 295 g/mol. The maximum atomic E-state index is 6.47. The number of hydrogen-bond donors (Lipinski definition) is 1. The van der Waals surface area contributed by atoms with Crippen LogP contribution in [0.25, 0.3) is 0 Å². The van der Waals surface area contributed by atoms with Crippen LogP contribution in [0.3, 0.4) is 0 Å². The first kappa shape index (κ1) is 17.3. The fraction of sp³-hybridized carbons (Fsp3) is 1.00. The van der Waals surface area contributed by atoms with Gasteiger partial charge in [0.15, 0.2) is 0 Å². The van der Waals surface area contributed by atoms with Crippen LogP contribution in [0.5, 0.6) is 0 Å². The van der Waals surface area contributed by atoms with Gasteiger partial charge in [-0.3, -0.25) is 0 Å². The van der Waals surface area contributed by atoms with Crippen LogP contribution in [0.15, 0.2) is 0 Å². The molecule has 2 nitrogen and oxygen atoms in total. The summed E-state index contributed by atoms with van der Waals surface area (Å²) >= 11 is 0. The highest BCUT2D eigenvalue weighted by atomic mass is 15.2. The van der Waals surface area contributed by atoms with Crippen molar-refractivity contribution in [2.45, 2.75) is 90.6 Å². The zero-order valence-electron chi connectivity index (χ0n) is 14.7. The summed E-state index contributed by atoms with van der Waals surface area (Å²) in [4.78, 5) is 2.83. The summed E-state index contributed by atoms with van der Waals surface area (Å²) in [6.07, 6.45) is 12.4. The predicted octanol–water partition coefficient (Wildman–Crippen LogP) is 4.43. The summed E-state index contributed by atoms with van der Waals surface area (Å²) in [5.74, 6) is 2.50. The quantitative estimate of drug-likeness (QED) is 0.752. The summed E-state index contributed by atoms with van der Waals surface area (Å²) < 4.78 is 0. The second-order valence-corrected chi connectivity index (χ2v) is 8.13. The molecule has 0 aliphatic heterocycles. The highest BCUT2D eigenvalue weighted by Crippen LogP contribution is 2.33. The molecule has 0 amide bonds. The van der Waals surface area contributed by atoms with Crippen LogP contribution in [-0.4, -0.2) is 30.1 Å². The minimum atomic E-state index is 0.454. The van der Waals surface area contributed by atoms with Crippen molar-refractivity contribution in [3.63, 3.8) is 0 Å². The molecule has 0 aromatic heterocycles. The van der Waals surface area contributed by atoms with E-state index in [0.717, 1.165) is 23.8 Å². The van der Waals surface area contributed by atoms with Gasteiger partial charge in [-0.05, 0) is 62.8 Å². The molecule has 0 saturated heterocycles. The van der Waals surface area contributed by atoms with Crippen molar-refractivity contribution < 1.29 is 0 Å². The maximum absolute atomic E-state index is 6.47. The Hall–Kier alpha value is -0.0800. The maximum Gasteiger partial charge on any atom is 0.00953 e. The van der Waals surface area contributed by atoms with Gasteiger partial charge in [-0.2, -0.15) is 0 Å². The van der Waals surface area contributed by atoms with Crippen molar-refractivity contribution >= 4 is 0 Å². The van der Waals surface area contributed by atoms with E-state index < -0.39 is 0 Å². The minimum Gasteiger partial charge on any atom is -0.327 e. The largest absolute Gasteiger partial charge is 0.327 e. The Morgan fingerprint density at radius 3 is 2.43 bits per heavy atom. The molecule has 2 rings (SSSR count). The summed E-state index contributed by atoms with van der Waals surface area (Å²) in [6.45, 7) is 9.63. The normalized spacial score (nSPS) is 31.4. The SMILES string of the molecule is CCC1CCC(N)C(CN(CCC(C)C)C2CCCC2)C1. The van der Waals surface area contributed by atoms with E-state index in [-0.39, 0.29) is 0 Å². The summed E-state index contributed by atoms with van der Waals surface area (Å²) in [7, 11) is 0. The molecular weight excluding hydrogens is 256 g/mol. The van der Waals surface area contributed by atoms with Crippen molar-refractivity contribution in [2.75, 3.05) is 13.1 Å². The van der Waals surface area contributed by atoms with Gasteiger partial charge in [0.25, 0.3) is 0 Å². The van der Waals surface area contributed by atoms with Crippen molar-refractivity contribution in [2.24, 2.45) is 23.5 Å². The molecule has 0 spiro atoms. The molecule has 2 fully saturated rings. The molecule has 3 unspecified atom stereocenters. The highest BCUT2D eigenvalue weighted by molar-refractivity contribution is 4.87. The molecule has 2 heteroatoms. The number of nitrogens with two attached hydrogens (primary N) is 1. The lowest BCUT2D eigenvalue weighted by Crippen LogP contribution is -2.46. The van der Waals surface area contributed by atoms with Crippen molar-refractivity contribution in [3.8, 4) is 0 Å². The molecule has 2 aliphatic carbocycles. The van der Waals surface area contributed by atoms with Crippen molar-refractivity contribution in [3.05, 3.63) is 0 Å². The monoisotopic (exact) mass is 294 g/mol. The molecule has 2 aliphatic rings. The Bertz CT molecular complexity index is 283. The number of rotatable bonds is 7. The van der Waals surface area contributed by atoms with E-state index in [4.69, 9.17) is 5.73 Å². The van der Waals surface area contributed by atoms with Gasteiger partial charge >= 0.3 is 0 Å². The van der Waals surface area contributed by atoms with Crippen LogP contribution in [-0.2, 0) is 0 Å². The van der Waals surface area contributed by atoms with Crippen LogP contribution in [0, 0.1) is 17.8 Å². The Balaban J connectivity index is 1.92. The third-order valence-corrected chi connectivity index (χ3v) is 6.03. The predicted molar refractivity (Wildman–Crippen MR) is 92.4 cm³/mol. The Labute approximate surface area is 132 Å². The van der Waals surface area contributed by atoms with Crippen LogP contribution >= 0.6 is 0 Å². The fourth-order valence-electron chi connectivity index (χ4n) is 4.38. The highest BCUT2D eigenvalue weighted by Gasteiger charge is 2.31. The zero-order valence-corrected chi connectivity index (χ0v) is 14.7. The Morgan fingerprint density at radius 1 is 1.10 bits per heavy atom. The molecule has 124 valence electrons. The van der Waals surface area contributed by atoms with Gasteiger partial charge in [0.05, 0.1) is 0 Å². The molecule has 0 aromatic rings. The first-order valence-electron chi connectivity index (χ1n) is 9.59. The van der Waals surface area contributed by atoms with Gasteiger partial charge in [-0.25, -0.2) is 0 Å². The lowest BCUT2D eigenvalue weighted by Gasteiger charge is -2.39. The van der Waals surface area contributed by atoms with Gasteiger partial charge < -0.3 is 10.6 Å². The second-order valence-electron chi connectivity index (χ2n) is 8.13. The molecule has 0 aromatic carbocycles. The van der Waals surface area contributed by atoms with Crippen LogP contribution in [0.2, 0.25) is 0 Å². The van der Waals surface area contributed by atoms with Crippen LogP contribution in [0.1, 0.15) is 78.6 Å². The molecule has 0 heterocycles. The minimum absolute atomic E-state index is 0.454. The van der Waals surface area contributed by atoms with E-state index in [1.54, 1.807) is 0 Å². The summed E-state index contributed by atoms with van der Waals surface area (Å²) in [5.41, 5.74) is 6.47. The molecule has 0 radical (unpaired) electrons. The molecule has 3 atom stereocenters. The van der Waals surface area contributed by atoms with E-state index >= 15 is 0 Å². The van der Waals surface area contributed by atoms with Gasteiger partial charge in [-0.1, -0.05) is 40.0 Å². The second kappa shape index (κ2) is 8.53. The van der Waals surface area contributed by atoms with E-state index in [9.17, 15) is 0 Å². The summed E-state index contributed by atoms with van der Waals surface area (Å²) in [6, 6.07) is 1.31. The van der Waals surface area contributed by atoms with Gasteiger partial charge in [0, 0.05) is 18.6 Å².